The molecule has 1 saturated heterocycles. The predicted octanol–water partition coefficient (Wildman–Crippen LogP) is 2.57. The van der Waals surface area contributed by atoms with Crippen LogP contribution in [0, 0.1) is 17.3 Å². The molecule has 3 rings (SSSR count). The van der Waals surface area contributed by atoms with Crippen molar-refractivity contribution in [1.82, 2.24) is 5.32 Å². The molecule has 0 amide bonds. The van der Waals surface area contributed by atoms with Crippen molar-refractivity contribution < 1.29 is 0 Å². The molecule has 1 spiro atoms. The zero-order valence-corrected chi connectivity index (χ0v) is 8.52. The van der Waals surface area contributed by atoms with E-state index >= 15 is 0 Å². The molecule has 2 saturated carbocycles. The highest BCUT2D eigenvalue weighted by atomic mass is 14.9. The van der Waals surface area contributed by atoms with Crippen molar-refractivity contribution in [3.8, 4) is 0 Å². The SMILES string of the molecule is C1CC2(C1)CC(C1CCNCC1)C2. The zero-order chi connectivity index (χ0) is 8.73. The van der Waals surface area contributed by atoms with Gasteiger partial charge in [0.1, 0.15) is 0 Å². The first-order valence-electron chi connectivity index (χ1n) is 6.09. The molecule has 1 N–H and O–H groups in total. The summed E-state index contributed by atoms with van der Waals surface area (Å²) in [5, 5.41) is 3.47. The van der Waals surface area contributed by atoms with Gasteiger partial charge in [-0.25, -0.2) is 0 Å². The summed E-state index contributed by atoms with van der Waals surface area (Å²) in [6, 6.07) is 0. The van der Waals surface area contributed by atoms with Gasteiger partial charge in [-0.1, -0.05) is 6.42 Å². The van der Waals surface area contributed by atoms with E-state index in [4.69, 9.17) is 0 Å². The van der Waals surface area contributed by atoms with Gasteiger partial charge in [-0.3, -0.25) is 0 Å². The summed E-state index contributed by atoms with van der Waals surface area (Å²) in [4.78, 5) is 0. The lowest BCUT2D eigenvalue weighted by Gasteiger charge is -2.57. The zero-order valence-electron chi connectivity index (χ0n) is 8.52. The lowest BCUT2D eigenvalue weighted by Crippen LogP contribution is -2.47. The Balaban J connectivity index is 1.51. The van der Waals surface area contributed by atoms with Gasteiger partial charge in [0, 0.05) is 0 Å². The molecule has 74 valence electrons. The van der Waals surface area contributed by atoms with Gasteiger partial charge in [-0.2, -0.15) is 0 Å². The fourth-order valence-corrected chi connectivity index (χ4v) is 3.79. The van der Waals surface area contributed by atoms with Gasteiger partial charge in [0.15, 0.2) is 0 Å². The van der Waals surface area contributed by atoms with Gasteiger partial charge in [-0.15, -0.1) is 0 Å². The van der Waals surface area contributed by atoms with Crippen molar-refractivity contribution in [3.63, 3.8) is 0 Å². The van der Waals surface area contributed by atoms with Crippen LogP contribution in [0.15, 0.2) is 0 Å². The van der Waals surface area contributed by atoms with Crippen LogP contribution in [-0.2, 0) is 0 Å². The van der Waals surface area contributed by atoms with E-state index in [1.165, 1.54) is 32.4 Å². The lowest BCUT2D eigenvalue weighted by atomic mass is 9.49. The molecule has 2 aliphatic carbocycles. The maximum absolute atomic E-state index is 3.47. The molecule has 1 heteroatoms. The average Bonchev–Trinajstić information content (AvgIpc) is 2.01. The second kappa shape index (κ2) is 2.98. The largest absolute Gasteiger partial charge is 0.317 e. The molecule has 1 heterocycles. The minimum atomic E-state index is 0.898. The summed E-state index contributed by atoms with van der Waals surface area (Å²) in [6.07, 6.45) is 10.8. The van der Waals surface area contributed by atoms with Crippen LogP contribution in [-0.4, -0.2) is 13.1 Å². The Bertz CT molecular complexity index is 181. The Morgan fingerprint density at radius 2 is 1.62 bits per heavy atom. The molecule has 1 aliphatic heterocycles. The molecule has 0 aromatic carbocycles. The molecule has 1 nitrogen and oxygen atoms in total. The maximum atomic E-state index is 3.47. The van der Waals surface area contributed by atoms with Crippen molar-refractivity contribution in [2.45, 2.75) is 44.9 Å². The molecule has 3 fully saturated rings. The number of nitrogens with one attached hydrogen (secondary N) is 1. The third kappa shape index (κ3) is 1.32. The maximum Gasteiger partial charge on any atom is -0.00462 e. The monoisotopic (exact) mass is 179 g/mol. The normalized spacial score (nSPS) is 34.2. The second-order valence-electron chi connectivity index (χ2n) is 5.61. The van der Waals surface area contributed by atoms with E-state index in [2.05, 4.69) is 5.32 Å². The molecular weight excluding hydrogens is 158 g/mol. The Labute approximate surface area is 81.3 Å². The molecule has 13 heavy (non-hydrogen) atoms. The number of piperidine rings is 1. The van der Waals surface area contributed by atoms with Crippen LogP contribution in [0.25, 0.3) is 0 Å². The van der Waals surface area contributed by atoms with Crippen molar-refractivity contribution in [1.29, 1.82) is 0 Å². The van der Waals surface area contributed by atoms with Crippen molar-refractivity contribution in [3.05, 3.63) is 0 Å². The smallest absolute Gasteiger partial charge is 0.00462 e. The summed E-state index contributed by atoms with van der Waals surface area (Å²) >= 11 is 0. The molecular formula is C12H21N. The third-order valence-corrected chi connectivity index (χ3v) is 4.86. The van der Waals surface area contributed by atoms with Crippen LogP contribution in [0.2, 0.25) is 0 Å². The highest BCUT2D eigenvalue weighted by molar-refractivity contribution is 5.01. The van der Waals surface area contributed by atoms with Gasteiger partial charge in [0.2, 0.25) is 0 Å². The first-order valence-corrected chi connectivity index (χ1v) is 6.09. The van der Waals surface area contributed by atoms with Gasteiger partial charge in [0.25, 0.3) is 0 Å². The van der Waals surface area contributed by atoms with Crippen LogP contribution < -0.4 is 5.32 Å². The van der Waals surface area contributed by atoms with E-state index < -0.39 is 0 Å². The summed E-state index contributed by atoms with van der Waals surface area (Å²) in [5.74, 6) is 2.22. The first-order chi connectivity index (χ1) is 6.38. The quantitative estimate of drug-likeness (QED) is 0.652. The number of hydrogen-bond donors (Lipinski definition) is 1. The topological polar surface area (TPSA) is 12.0 Å². The molecule has 0 aromatic rings. The summed E-state index contributed by atoms with van der Waals surface area (Å²) in [5.41, 5.74) is 0.898. The van der Waals surface area contributed by atoms with Crippen LogP contribution >= 0.6 is 0 Å². The summed E-state index contributed by atoms with van der Waals surface area (Å²) < 4.78 is 0. The van der Waals surface area contributed by atoms with Crippen LogP contribution in [0.5, 0.6) is 0 Å². The van der Waals surface area contributed by atoms with E-state index in [0.29, 0.717) is 0 Å². The standard InChI is InChI=1S/C12H21N/c1-4-12(5-1)8-11(9-12)10-2-6-13-7-3-10/h10-11,13H,1-9H2. The van der Waals surface area contributed by atoms with Gasteiger partial charge >= 0.3 is 0 Å². The molecule has 0 bridgehead atoms. The second-order valence-corrected chi connectivity index (χ2v) is 5.61. The van der Waals surface area contributed by atoms with Crippen molar-refractivity contribution in [2.75, 3.05) is 13.1 Å². The Hall–Kier alpha value is -0.0400. The van der Waals surface area contributed by atoms with Crippen molar-refractivity contribution >= 4 is 0 Å². The number of rotatable bonds is 1. The first kappa shape index (κ1) is 8.28. The van der Waals surface area contributed by atoms with Crippen molar-refractivity contribution in [2.24, 2.45) is 17.3 Å². The summed E-state index contributed by atoms with van der Waals surface area (Å²) in [7, 11) is 0. The van der Waals surface area contributed by atoms with Crippen LogP contribution in [0.1, 0.15) is 44.9 Å². The predicted molar refractivity (Wildman–Crippen MR) is 54.6 cm³/mol. The van der Waals surface area contributed by atoms with E-state index in [-0.39, 0.29) is 0 Å². The van der Waals surface area contributed by atoms with E-state index in [1.807, 2.05) is 0 Å². The van der Waals surface area contributed by atoms with Crippen LogP contribution in [0.4, 0.5) is 0 Å². The highest BCUT2D eigenvalue weighted by Crippen LogP contribution is 2.61. The summed E-state index contributed by atoms with van der Waals surface area (Å²) in [6.45, 7) is 2.57. The van der Waals surface area contributed by atoms with Gasteiger partial charge in [-0.05, 0) is 68.9 Å². The van der Waals surface area contributed by atoms with Gasteiger partial charge < -0.3 is 5.32 Å². The molecule has 0 unspecified atom stereocenters. The third-order valence-electron chi connectivity index (χ3n) is 4.86. The lowest BCUT2D eigenvalue weighted by molar-refractivity contribution is -0.0552. The molecule has 0 radical (unpaired) electrons. The minimum absolute atomic E-state index is 0.898. The molecule has 0 aromatic heterocycles. The fourth-order valence-electron chi connectivity index (χ4n) is 3.79. The highest BCUT2D eigenvalue weighted by Gasteiger charge is 2.49. The minimum Gasteiger partial charge on any atom is -0.317 e. The molecule has 0 atom stereocenters. The molecule has 3 aliphatic rings. The van der Waals surface area contributed by atoms with Crippen LogP contribution in [0.3, 0.4) is 0 Å². The fraction of sp³-hybridized carbons (Fsp3) is 1.00. The van der Waals surface area contributed by atoms with E-state index in [0.717, 1.165) is 17.3 Å². The Morgan fingerprint density at radius 3 is 2.15 bits per heavy atom. The van der Waals surface area contributed by atoms with E-state index in [9.17, 15) is 0 Å². The Morgan fingerprint density at radius 1 is 0.923 bits per heavy atom. The average molecular weight is 179 g/mol. The number of hydrogen-bond acceptors (Lipinski definition) is 1. The Kier molecular flexibility index (Phi) is 1.90. The van der Waals surface area contributed by atoms with Gasteiger partial charge in [0.05, 0.1) is 0 Å². The van der Waals surface area contributed by atoms with E-state index in [1.54, 1.807) is 25.7 Å².